The summed E-state index contributed by atoms with van der Waals surface area (Å²) in [5.74, 6) is 7.35. The highest BCUT2D eigenvalue weighted by atomic mass is 35.5. The van der Waals surface area contributed by atoms with Crippen molar-refractivity contribution in [1.82, 2.24) is 9.88 Å². The Labute approximate surface area is 208 Å². The molecule has 2 aliphatic heterocycles. The first-order valence-electron chi connectivity index (χ1n) is 12.5. The Morgan fingerprint density at radius 3 is 2.26 bits per heavy atom. The SMILES string of the molecule is CC1CCN([C@H]2CCCN(c3ccc(C#Cc4ccc(-c5ccc(Cl)cc5)cn4)cc3)C2)CC1. The summed E-state index contributed by atoms with van der Waals surface area (Å²) in [6, 6.07) is 21.2. The summed E-state index contributed by atoms with van der Waals surface area (Å²) in [4.78, 5) is 9.81. The molecule has 0 spiro atoms. The number of halogens is 1. The second-order valence-electron chi connectivity index (χ2n) is 9.70. The van der Waals surface area contributed by atoms with Gasteiger partial charge in [-0.25, -0.2) is 4.98 Å². The zero-order valence-electron chi connectivity index (χ0n) is 19.9. The number of nitrogens with zero attached hydrogens (tertiary/aromatic N) is 3. The number of benzene rings is 2. The Bertz CT molecular complexity index is 1130. The van der Waals surface area contributed by atoms with Gasteiger partial charge in [0, 0.05) is 47.2 Å². The molecule has 34 heavy (non-hydrogen) atoms. The van der Waals surface area contributed by atoms with Gasteiger partial charge in [0.15, 0.2) is 0 Å². The predicted molar refractivity (Wildman–Crippen MR) is 142 cm³/mol. The third kappa shape index (κ3) is 5.63. The Morgan fingerprint density at radius 1 is 0.824 bits per heavy atom. The molecule has 0 amide bonds. The summed E-state index contributed by atoms with van der Waals surface area (Å²) < 4.78 is 0. The number of hydrogen-bond donors (Lipinski definition) is 0. The van der Waals surface area contributed by atoms with Crippen LogP contribution in [0.3, 0.4) is 0 Å². The summed E-state index contributed by atoms with van der Waals surface area (Å²) in [7, 11) is 0. The highest BCUT2D eigenvalue weighted by molar-refractivity contribution is 6.30. The van der Waals surface area contributed by atoms with Gasteiger partial charge < -0.3 is 4.90 Å². The highest BCUT2D eigenvalue weighted by Crippen LogP contribution is 2.26. The van der Waals surface area contributed by atoms with E-state index >= 15 is 0 Å². The maximum Gasteiger partial charge on any atom is 0.113 e. The topological polar surface area (TPSA) is 19.4 Å². The maximum absolute atomic E-state index is 5.98. The number of pyridine rings is 1. The van der Waals surface area contributed by atoms with E-state index in [1.54, 1.807) is 0 Å². The van der Waals surface area contributed by atoms with Gasteiger partial charge in [0.1, 0.15) is 5.69 Å². The average Bonchev–Trinajstić information content (AvgIpc) is 2.89. The van der Waals surface area contributed by atoms with E-state index in [0.29, 0.717) is 6.04 Å². The molecule has 2 saturated heterocycles. The molecule has 0 N–H and O–H groups in total. The molecule has 4 heteroatoms. The van der Waals surface area contributed by atoms with E-state index in [4.69, 9.17) is 11.6 Å². The van der Waals surface area contributed by atoms with Gasteiger partial charge >= 0.3 is 0 Å². The molecule has 2 aromatic carbocycles. The summed E-state index contributed by atoms with van der Waals surface area (Å²) >= 11 is 5.98. The smallest absolute Gasteiger partial charge is 0.113 e. The molecule has 1 atom stereocenters. The first kappa shape index (κ1) is 23.0. The van der Waals surface area contributed by atoms with Gasteiger partial charge in [-0.05, 0) is 98.6 Å². The van der Waals surface area contributed by atoms with Crippen LogP contribution in [0.25, 0.3) is 11.1 Å². The van der Waals surface area contributed by atoms with Crippen LogP contribution in [0.5, 0.6) is 0 Å². The molecule has 3 aromatic rings. The van der Waals surface area contributed by atoms with Gasteiger partial charge in [0.2, 0.25) is 0 Å². The van der Waals surface area contributed by atoms with E-state index < -0.39 is 0 Å². The van der Waals surface area contributed by atoms with E-state index in [1.165, 1.54) is 44.5 Å². The van der Waals surface area contributed by atoms with Crippen LogP contribution in [-0.2, 0) is 0 Å². The molecule has 0 radical (unpaired) electrons. The largest absolute Gasteiger partial charge is 0.370 e. The van der Waals surface area contributed by atoms with Crippen molar-refractivity contribution in [3.05, 3.63) is 83.1 Å². The van der Waals surface area contributed by atoms with Crippen molar-refractivity contribution < 1.29 is 0 Å². The van der Waals surface area contributed by atoms with Crippen LogP contribution < -0.4 is 4.90 Å². The highest BCUT2D eigenvalue weighted by Gasteiger charge is 2.27. The predicted octanol–water partition coefficient (Wildman–Crippen LogP) is 6.50. The maximum atomic E-state index is 5.98. The molecule has 0 bridgehead atoms. The zero-order valence-corrected chi connectivity index (χ0v) is 20.6. The molecule has 3 nitrogen and oxygen atoms in total. The normalized spacial score (nSPS) is 19.5. The molecule has 0 aliphatic carbocycles. The molecule has 5 rings (SSSR count). The van der Waals surface area contributed by atoms with Crippen LogP contribution >= 0.6 is 11.6 Å². The lowest BCUT2D eigenvalue weighted by Crippen LogP contribution is -2.50. The van der Waals surface area contributed by atoms with Crippen molar-refractivity contribution >= 4 is 17.3 Å². The quantitative estimate of drug-likeness (QED) is 0.408. The number of piperidine rings is 2. The minimum Gasteiger partial charge on any atom is -0.370 e. The fraction of sp³-hybridized carbons (Fsp3) is 0.367. The van der Waals surface area contributed by atoms with Crippen LogP contribution in [0.15, 0.2) is 66.9 Å². The van der Waals surface area contributed by atoms with Crippen LogP contribution in [0.1, 0.15) is 43.9 Å². The lowest BCUT2D eigenvalue weighted by molar-refractivity contribution is 0.125. The van der Waals surface area contributed by atoms with Gasteiger partial charge in [0.25, 0.3) is 0 Å². The van der Waals surface area contributed by atoms with Gasteiger partial charge in [0.05, 0.1) is 0 Å². The summed E-state index contributed by atoms with van der Waals surface area (Å²) in [6.07, 6.45) is 7.17. The third-order valence-electron chi connectivity index (χ3n) is 7.24. The lowest BCUT2D eigenvalue weighted by atomic mass is 9.95. The fourth-order valence-electron chi connectivity index (χ4n) is 5.05. The molecule has 2 fully saturated rings. The Balaban J connectivity index is 1.21. The number of anilines is 1. The first-order valence-corrected chi connectivity index (χ1v) is 12.8. The molecule has 3 heterocycles. The van der Waals surface area contributed by atoms with Crippen molar-refractivity contribution in [2.24, 2.45) is 5.92 Å². The Kier molecular flexibility index (Phi) is 7.19. The van der Waals surface area contributed by atoms with Crippen molar-refractivity contribution in [2.75, 3.05) is 31.1 Å². The van der Waals surface area contributed by atoms with E-state index in [0.717, 1.165) is 46.4 Å². The van der Waals surface area contributed by atoms with Crippen molar-refractivity contribution in [1.29, 1.82) is 0 Å². The summed E-state index contributed by atoms with van der Waals surface area (Å²) in [6.45, 7) is 7.21. The second kappa shape index (κ2) is 10.6. The van der Waals surface area contributed by atoms with Gasteiger partial charge in [-0.1, -0.05) is 42.6 Å². The van der Waals surface area contributed by atoms with Crippen LogP contribution in [0.4, 0.5) is 5.69 Å². The summed E-state index contributed by atoms with van der Waals surface area (Å²) in [5.41, 5.74) is 5.26. The van der Waals surface area contributed by atoms with Crippen molar-refractivity contribution in [3.63, 3.8) is 0 Å². The van der Waals surface area contributed by atoms with Crippen LogP contribution in [0, 0.1) is 17.8 Å². The number of hydrogen-bond acceptors (Lipinski definition) is 3. The Hall–Kier alpha value is -2.80. The minimum atomic E-state index is 0.697. The number of likely N-dealkylation sites (tertiary alicyclic amines) is 1. The third-order valence-corrected chi connectivity index (χ3v) is 7.49. The number of rotatable bonds is 3. The van der Waals surface area contributed by atoms with E-state index in [2.05, 4.69) is 63.9 Å². The molecule has 2 aliphatic rings. The molecule has 174 valence electrons. The van der Waals surface area contributed by atoms with E-state index in [-0.39, 0.29) is 0 Å². The molecule has 0 unspecified atom stereocenters. The number of aromatic nitrogens is 1. The van der Waals surface area contributed by atoms with Crippen molar-refractivity contribution in [2.45, 2.75) is 38.6 Å². The molecule has 0 saturated carbocycles. The monoisotopic (exact) mass is 469 g/mol. The van der Waals surface area contributed by atoms with E-state index in [1.807, 2.05) is 36.5 Å². The fourth-order valence-corrected chi connectivity index (χ4v) is 5.18. The molecule has 1 aromatic heterocycles. The molecular formula is C30H32ClN3. The minimum absolute atomic E-state index is 0.697. The average molecular weight is 470 g/mol. The molecular weight excluding hydrogens is 438 g/mol. The Morgan fingerprint density at radius 2 is 1.56 bits per heavy atom. The van der Waals surface area contributed by atoms with Gasteiger partial charge in [-0.3, -0.25) is 4.90 Å². The second-order valence-corrected chi connectivity index (χ2v) is 10.1. The van der Waals surface area contributed by atoms with Crippen molar-refractivity contribution in [3.8, 4) is 23.0 Å². The standard InChI is InChI=1S/C30H32ClN3/c1-23-16-19-33(20-17-23)30-3-2-18-34(22-30)29-14-5-24(6-15-29)4-12-28-13-9-26(21-32-28)25-7-10-27(31)11-8-25/h5-11,13-15,21,23,30H,2-3,16-20,22H2,1H3/t30-/m0/s1. The van der Waals surface area contributed by atoms with E-state index in [9.17, 15) is 0 Å². The van der Waals surface area contributed by atoms with Crippen LogP contribution in [0.2, 0.25) is 5.02 Å². The van der Waals surface area contributed by atoms with Crippen LogP contribution in [-0.4, -0.2) is 42.1 Å². The lowest BCUT2D eigenvalue weighted by Gasteiger charge is -2.42. The summed E-state index contributed by atoms with van der Waals surface area (Å²) in [5, 5.41) is 0.738. The zero-order chi connectivity index (χ0) is 23.3. The van der Waals surface area contributed by atoms with Gasteiger partial charge in [-0.15, -0.1) is 0 Å². The first-order chi connectivity index (χ1) is 16.6. The van der Waals surface area contributed by atoms with Gasteiger partial charge in [-0.2, -0.15) is 0 Å².